The van der Waals surface area contributed by atoms with Gasteiger partial charge >= 0.3 is 0 Å². The van der Waals surface area contributed by atoms with Crippen LogP contribution in [0.15, 0.2) is 24.3 Å². The number of rotatable bonds is 2. The molecule has 0 bridgehead atoms. The molecule has 1 aromatic carbocycles. The van der Waals surface area contributed by atoms with Crippen molar-refractivity contribution in [1.82, 2.24) is 0 Å². The summed E-state index contributed by atoms with van der Waals surface area (Å²) in [6.45, 7) is 8.56. The highest BCUT2D eigenvalue weighted by atomic mass is 32.1. The van der Waals surface area contributed by atoms with Crippen LogP contribution in [0.1, 0.15) is 38.0 Å². The lowest BCUT2D eigenvalue weighted by Crippen LogP contribution is -2.10. The van der Waals surface area contributed by atoms with E-state index in [0.29, 0.717) is 0 Å². The maximum atomic E-state index is 6.33. The summed E-state index contributed by atoms with van der Waals surface area (Å²) in [5.41, 5.74) is 11.5. The van der Waals surface area contributed by atoms with E-state index in [1.54, 1.807) is 11.3 Å². The molecule has 0 aliphatic heterocycles. The Morgan fingerprint density at radius 3 is 2.18 bits per heavy atom. The smallest absolute Gasteiger partial charge is 0.0646 e. The largest absolute Gasteiger partial charge is 0.320 e. The van der Waals surface area contributed by atoms with E-state index in [9.17, 15) is 0 Å². The molecule has 0 amide bonds. The second-order valence-electron chi connectivity index (χ2n) is 4.71. The van der Waals surface area contributed by atoms with Crippen molar-refractivity contribution < 1.29 is 0 Å². The molecule has 90 valence electrons. The van der Waals surface area contributed by atoms with Gasteiger partial charge in [0.2, 0.25) is 0 Å². The number of aryl methyl sites for hydroxylation is 4. The van der Waals surface area contributed by atoms with Crippen molar-refractivity contribution in [3.8, 4) is 0 Å². The molecular formula is C15H19NS. The number of benzene rings is 1. The lowest BCUT2D eigenvalue weighted by Gasteiger charge is -2.12. The first-order valence-electron chi connectivity index (χ1n) is 5.88. The number of hydrogen-bond donors (Lipinski definition) is 1. The Bertz CT molecular complexity index is 520. The van der Waals surface area contributed by atoms with Gasteiger partial charge in [-0.2, -0.15) is 0 Å². The van der Waals surface area contributed by atoms with Crippen LogP contribution in [0.3, 0.4) is 0 Å². The summed E-state index contributed by atoms with van der Waals surface area (Å²) >= 11 is 1.80. The maximum absolute atomic E-state index is 6.33. The van der Waals surface area contributed by atoms with Gasteiger partial charge in [-0.15, -0.1) is 11.3 Å². The average Bonchev–Trinajstić information content (AvgIpc) is 2.62. The van der Waals surface area contributed by atoms with Crippen molar-refractivity contribution in [1.29, 1.82) is 0 Å². The van der Waals surface area contributed by atoms with Crippen LogP contribution in [-0.4, -0.2) is 0 Å². The first-order valence-corrected chi connectivity index (χ1v) is 6.70. The Kier molecular flexibility index (Phi) is 3.36. The first-order chi connectivity index (χ1) is 7.99. The number of nitrogens with two attached hydrogens (primary N) is 1. The third-order valence-electron chi connectivity index (χ3n) is 3.38. The molecule has 2 aromatic rings. The van der Waals surface area contributed by atoms with Gasteiger partial charge < -0.3 is 5.73 Å². The monoisotopic (exact) mass is 245 g/mol. The Morgan fingerprint density at radius 1 is 0.941 bits per heavy atom. The molecule has 1 unspecified atom stereocenters. The molecule has 0 aliphatic rings. The Morgan fingerprint density at radius 2 is 1.65 bits per heavy atom. The highest BCUT2D eigenvalue weighted by Crippen LogP contribution is 2.29. The number of thiophene rings is 1. The van der Waals surface area contributed by atoms with Crippen LogP contribution in [0.2, 0.25) is 0 Å². The molecule has 0 saturated carbocycles. The van der Waals surface area contributed by atoms with Crippen molar-refractivity contribution in [2.75, 3.05) is 0 Å². The molecule has 0 radical (unpaired) electrons. The Hall–Kier alpha value is -1.12. The minimum atomic E-state index is 0.00620. The Balaban J connectivity index is 2.36. The van der Waals surface area contributed by atoms with Crippen LogP contribution in [0, 0.1) is 27.7 Å². The zero-order chi connectivity index (χ0) is 12.6. The van der Waals surface area contributed by atoms with Crippen molar-refractivity contribution in [2.45, 2.75) is 33.7 Å². The third-order valence-corrected chi connectivity index (χ3v) is 4.62. The molecule has 1 nitrogen and oxygen atoms in total. The summed E-state index contributed by atoms with van der Waals surface area (Å²) < 4.78 is 0. The van der Waals surface area contributed by atoms with E-state index in [4.69, 9.17) is 5.73 Å². The quantitative estimate of drug-likeness (QED) is 0.849. The fourth-order valence-corrected chi connectivity index (χ4v) is 2.95. The highest BCUT2D eigenvalue weighted by molar-refractivity contribution is 7.12. The summed E-state index contributed by atoms with van der Waals surface area (Å²) in [5, 5.41) is 0. The molecule has 17 heavy (non-hydrogen) atoms. The minimum absolute atomic E-state index is 0.00620. The van der Waals surface area contributed by atoms with Crippen LogP contribution >= 0.6 is 11.3 Å². The highest BCUT2D eigenvalue weighted by Gasteiger charge is 2.13. The van der Waals surface area contributed by atoms with Gasteiger partial charge in [-0.25, -0.2) is 0 Å². The van der Waals surface area contributed by atoms with E-state index >= 15 is 0 Å². The van der Waals surface area contributed by atoms with Crippen molar-refractivity contribution in [3.05, 3.63) is 56.3 Å². The topological polar surface area (TPSA) is 26.0 Å². The van der Waals surface area contributed by atoms with Crippen LogP contribution in [0.4, 0.5) is 0 Å². The fraction of sp³-hybridized carbons (Fsp3) is 0.333. The molecule has 0 aliphatic carbocycles. The van der Waals surface area contributed by atoms with E-state index in [0.717, 1.165) is 0 Å². The van der Waals surface area contributed by atoms with E-state index < -0.39 is 0 Å². The normalized spacial score (nSPS) is 12.8. The van der Waals surface area contributed by atoms with Crippen LogP contribution < -0.4 is 5.73 Å². The molecule has 0 fully saturated rings. The van der Waals surface area contributed by atoms with Crippen LogP contribution in [0.5, 0.6) is 0 Å². The summed E-state index contributed by atoms with van der Waals surface area (Å²) in [5.74, 6) is 0. The summed E-state index contributed by atoms with van der Waals surface area (Å²) in [6.07, 6.45) is 0. The molecule has 2 heteroatoms. The zero-order valence-electron chi connectivity index (χ0n) is 10.9. The molecular weight excluding hydrogens is 226 g/mol. The lowest BCUT2D eigenvalue weighted by atomic mass is 10.0. The van der Waals surface area contributed by atoms with Gasteiger partial charge in [0.1, 0.15) is 0 Å². The molecule has 1 atom stereocenters. The van der Waals surface area contributed by atoms with E-state index in [2.05, 4.69) is 52.0 Å². The van der Waals surface area contributed by atoms with E-state index in [1.165, 1.54) is 32.0 Å². The van der Waals surface area contributed by atoms with Gasteiger partial charge in [-0.1, -0.05) is 18.2 Å². The summed E-state index contributed by atoms with van der Waals surface area (Å²) in [6, 6.07) is 8.70. The molecule has 1 heterocycles. The zero-order valence-corrected chi connectivity index (χ0v) is 11.7. The van der Waals surface area contributed by atoms with Gasteiger partial charge in [0.25, 0.3) is 0 Å². The molecule has 0 spiro atoms. The summed E-state index contributed by atoms with van der Waals surface area (Å²) in [7, 11) is 0. The van der Waals surface area contributed by atoms with Crippen molar-refractivity contribution in [2.24, 2.45) is 5.73 Å². The van der Waals surface area contributed by atoms with Crippen LogP contribution in [-0.2, 0) is 0 Å². The van der Waals surface area contributed by atoms with E-state index in [1.807, 2.05) is 0 Å². The van der Waals surface area contributed by atoms with Crippen molar-refractivity contribution in [3.63, 3.8) is 0 Å². The first kappa shape index (κ1) is 12.3. The maximum Gasteiger partial charge on any atom is 0.0646 e. The second kappa shape index (κ2) is 4.63. The van der Waals surface area contributed by atoms with Gasteiger partial charge in [0, 0.05) is 9.75 Å². The van der Waals surface area contributed by atoms with Gasteiger partial charge in [0.15, 0.2) is 0 Å². The van der Waals surface area contributed by atoms with E-state index in [-0.39, 0.29) is 6.04 Å². The second-order valence-corrected chi connectivity index (χ2v) is 6.00. The lowest BCUT2D eigenvalue weighted by molar-refractivity contribution is 0.889. The Labute approximate surface area is 107 Å². The predicted molar refractivity (Wildman–Crippen MR) is 75.7 cm³/mol. The molecule has 2 N–H and O–H groups in total. The summed E-state index contributed by atoms with van der Waals surface area (Å²) in [4.78, 5) is 2.61. The fourth-order valence-electron chi connectivity index (χ4n) is 1.88. The van der Waals surface area contributed by atoms with Crippen LogP contribution in [0.25, 0.3) is 0 Å². The number of hydrogen-bond acceptors (Lipinski definition) is 2. The van der Waals surface area contributed by atoms with Gasteiger partial charge in [0.05, 0.1) is 6.04 Å². The van der Waals surface area contributed by atoms with Gasteiger partial charge in [-0.05, 0) is 56.0 Å². The SMILES string of the molecule is Cc1ccc(C(N)c2cc(C)c(C)s2)cc1C. The average molecular weight is 245 g/mol. The predicted octanol–water partition coefficient (Wildman–Crippen LogP) is 4.03. The molecule has 1 aromatic heterocycles. The molecule has 0 saturated heterocycles. The van der Waals surface area contributed by atoms with Crippen molar-refractivity contribution >= 4 is 11.3 Å². The standard InChI is InChI=1S/C15H19NS/c1-9-5-6-13(7-10(9)2)15(16)14-8-11(3)12(4)17-14/h5-8,15H,16H2,1-4H3. The van der Waals surface area contributed by atoms with Gasteiger partial charge in [-0.3, -0.25) is 0 Å². The molecule has 2 rings (SSSR count). The minimum Gasteiger partial charge on any atom is -0.320 e. The third kappa shape index (κ3) is 2.43.